The molecule has 4 aromatic rings. The number of fused-ring (bicyclic) bond motifs is 1. The summed E-state index contributed by atoms with van der Waals surface area (Å²) < 4.78 is 7.91. The summed E-state index contributed by atoms with van der Waals surface area (Å²) in [6.45, 7) is 0.262. The van der Waals surface area contributed by atoms with Gasteiger partial charge in [0.2, 0.25) is 5.88 Å². The Labute approximate surface area is 158 Å². The van der Waals surface area contributed by atoms with Crippen LogP contribution in [0.4, 0.5) is 0 Å². The molecule has 132 valence electrons. The van der Waals surface area contributed by atoms with Crippen LogP contribution < -0.4 is 10.3 Å². The van der Waals surface area contributed by atoms with Crippen LogP contribution in [0.15, 0.2) is 59.0 Å². The number of aryl methyl sites for hydroxylation is 1. The Morgan fingerprint density at radius 1 is 1.26 bits per heavy atom. The number of thiophene rings is 1. The molecule has 0 radical (unpaired) electrons. The number of benzene rings is 1. The van der Waals surface area contributed by atoms with Gasteiger partial charge in [-0.15, -0.1) is 16.4 Å². The quantitative estimate of drug-likeness (QED) is 0.546. The monoisotopic (exact) mass is 374 g/mol. The molecule has 0 atom stereocenters. The average Bonchev–Trinajstić information content (AvgIpc) is 3.16. The molecular weight excluding hydrogens is 360 g/mol. The van der Waals surface area contributed by atoms with Crippen LogP contribution in [0, 0.1) is 11.3 Å². The molecular formula is C20H14N4O2S. The Hall–Kier alpha value is -3.50. The predicted molar refractivity (Wildman–Crippen MR) is 104 cm³/mol. The van der Waals surface area contributed by atoms with E-state index in [0.29, 0.717) is 21.5 Å². The number of nitrogens with zero attached hydrogens (tertiary/aromatic N) is 4. The van der Waals surface area contributed by atoms with Gasteiger partial charge in [0.1, 0.15) is 11.3 Å². The summed E-state index contributed by atoms with van der Waals surface area (Å²) in [4.78, 5) is 16.7. The van der Waals surface area contributed by atoms with Gasteiger partial charge in [0, 0.05) is 30.4 Å². The van der Waals surface area contributed by atoms with Crippen molar-refractivity contribution in [3.05, 3.63) is 75.7 Å². The van der Waals surface area contributed by atoms with Crippen molar-refractivity contribution in [1.29, 1.82) is 5.26 Å². The minimum Gasteiger partial charge on any atom is -0.471 e. The normalized spacial score (nSPS) is 10.7. The van der Waals surface area contributed by atoms with E-state index in [1.54, 1.807) is 31.6 Å². The van der Waals surface area contributed by atoms with Gasteiger partial charge >= 0.3 is 0 Å². The van der Waals surface area contributed by atoms with E-state index in [9.17, 15) is 4.79 Å². The predicted octanol–water partition coefficient (Wildman–Crippen LogP) is 3.51. The van der Waals surface area contributed by atoms with Crippen LogP contribution in [0.2, 0.25) is 0 Å². The highest BCUT2D eigenvalue weighted by Crippen LogP contribution is 2.35. The van der Waals surface area contributed by atoms with Gasteiger partial charge in [-0.25, -0.2) is 4.68 Å². The lowest BCUT2D eigenvalue weighted by molar-refractivity contribution is 0.290. The van der Waals surface area contributed by atoms with Crippen molar-refractivity contribution in [2.45, 2.75) is 6.61 Å². The van der Waals surface area contributed by atoms with Crippen LogP contribution in [-0.4, -0.2) is 14.8 Å². The maximum atomic E-state index is 12.7. The number of ether oxygens (including phenoxy) is 1. The van der Waals surface area contributed by atoms with Crippen molar-refractivity contribution >= 4 is 21.4 Å². The topological polar surface area (TPSA) is 80.8 Å². The second-order valence-electron chi connectivity index (χ2n) is 5.92. The number of hydrogen-bond acceptors (Lipinski definition) is 6. The molecule has 0 spiro atoms. The maximum Gasteiger partial charge on any atom is 0.276 e. The lowest BCUT2D eigenvalue weighted by atomic mass is 10.1. The summed E-state index contributed by atoms with van der Waals surface area (Å²) in [5.74, 6) is 0.403. The Kier molecular flexibility index (Phi) is 4.40. The molecule has 0 aliphatic rings. The standard InChI is InChI=1S/C20H14N4O2S/c1-24-20(25)17-16(15-5-7-22-8-6-15)12-27-18(17)19(23-24)26-11-14-4-2-3-13(9-14)10-21/h2-9,12H,11H2,1H3. The second-order valence-corrected chi connectivity index (χ2v) is 6.80. The Balaban J connectivity index is 1.76. The van der Waals surface area contributed by atoms with E-state index in [1.807, 2.05) is 29.6 Å². The van der Waals surface area contributed by atoms with Gasteiger partial charge in [-0.2, -0.15) is 5.26 Å². The third-order valence-corrected chi connectivity index (χ3v) is 5.12. The molecule has 0 aliphatic carbocycles. The number of nitriles is 1. The minimum atomic E-state index is -0.170. The molecule has 3 heterocycles. The molecule has 6 nitrogen and oxygen atoms in total. The van der Waals surface area contributed by atoms with E-state index in [2.05, 4.69) is 16.2 Å². The van der Waals surface area contributed by atoms with Crippen LogP contribution in [0.25, 0.3) is 21.2 Å². The maximum absolute atomic E-state index is 12.7. The largest absolute Gasteiger partial charge is 0.471 e. The number of pyridine rings is 1. The van der Waals surface area contributed by atoms with Crippen LogP contribution in [0.1, 0.15) is 11.1 Å². The minimum absolute atomic E-state index is 0.170. The third kappa shape index (κ3) is 3.18. The zero-order valence-electron chi connectivity index (χ0n) is 14.4. The Bertz CT molecular complexity index is 1220. The first kappa shape index (κ1) is 16.9. The highest BCUT2D eigenvalue weighted by Gasteiger charge is 2.17. The van der Waals surface area contributed by atoms with Gasteiger partial charge in [0.15, 0.2) is 0 Å². The van der Waals surface area contributed by atoms with Crippen LogP contribution in [0.5, 0.6) is 5.88 Å². The highest BCUT2D eigenvalue weighted by atomic mass is 32.1. The van der Waals surface area contributed by atoms with Crippen LogP contribution >= 0.6 is 11.3 Å². The van der Waals surface area contributed by atoms with Gasteiger partial charge in [-0.05, 0) is 35.4 Å². The molecule has 4 rings (SSSR count). The molecule has 0 bridgehead atoms. The van der Waals surface area contributed by atoms with E-state index >= 15 is 0 Å². The van der Waals surface area contributed by atoms with E-state index in [1.165, 1.54) is 16.0 Å². The van der Waals surface area contributed by atoms with Gasteiger partial charge in [-0.1, -0.05) is 12.1 Å². The van der Waals surface area contributed by atoms with Crippen LogP contribution in [0.3, 0.4) is 0 Å². The van der Waals surface area contributed by atoms with Crippen molar-refractivity contribution in [2.75, 3.05) is 0 Å². The molecule has 1 aromatic carbocycles. The summed E-state index contributed by atoms with van der Waals surface area (Å²) in [7, 11) is 1.61. The van der Waals surface area contributed by atoms with Crippen molar-refractivity contribution in [3.63, 3.8) is 0 Å². The molecule has 27 heavy (non-hydrogen) atoms. The molecule has 0 aliphatic heterocycles. The lowest BCUT2D eigenvalue weighted by Gasteiger charge is -2.09. The van der Waals surface area contributed by atoms with E-state index in [4.69, 9.17) is 10.00 Å². The molecule has 0 saturated heterocycles. The van der Waals surface area contributed by atoms with Gasteiger partial charge < -0.3 is 4.74 Å². The first-order valence-corrected chi connectivity index (χ1v) is 9.06. The van der Waals surface area contributed by atoms with E-state index < -0.39 is 0 Å². The fourth-order valence-electron chi connectivity index (χ4n) is 2.84. The van der Waals surface area contributed by atoms with Gasteiger partial charge in [-0.3, -0.25) is 9.78 Å². The third-order valence-electron chi connectivity index (χ3n) is 4.16. The SMILES string of the molecule is Cn1nc(OCc2cccc(C#N)c2)c2scc(-c3ccncc3)c2c1=O. The van der Waals surface area contributed by atoms with E-state index in [-0.39, 0.29) is 12.2 Å². The van der Waals surface area contributed by atoms with Crippen molar-refractivity contribution in [3.8, 4) is 23.1 Å². The molecule has 3 aromatic heterocycles. The second kappa shape index (κ2) is 7.02. The average molecular weight is 374 g/mol. The Morgan fingerprint density at radius 2 is 2.07 bits per heavy atom. The Morgan fingerprint density at radius 3 is 2.85 bits per heavy atom. The van der Waals surface area contributed by atoms with E-state index in [0.717, 1.165) is 16.7 Å². The first-order chi connectivity index (χ1) is 13.2. The molecule has 0 unspecified atom stereocenters. The molecule has 7 heteroatoms. The molecule has 0 N–H and O–H groups in total. The van der Waals surface area contributed by atoms with Crippen molar-refractivity contribution < 1.29 is 4.74 Å². The zero-order valence-corrected chi connectivity index (χ0v) is 15.2. The van der Waals surface area contributed by atoms with Gasteiger partial charge in [0.25, 0.3) is 5.56 Å². The summed E-state index contributed by atoms with van der Waals surface area (Å²) in [6.07, 6.45) is 3.40. The smallest absolute Gasteiger partial charge is 0.276 e. The summed E-state index contributed by atoms with van der Waals surface area (Å²) in [5.41, 5.74) is 3.04. The fourth-order valence-corrected chi connectivity index (χ4v) is 3.84. The molecule has 0 fully saturated rings. The fraction of sp³-hybridized carbons (Fsp3) is 0.100. The lowest BCUT2D eigenvalue weighted by Crippen LogP contribution is -2.20. The summed E-state index contributed by atoms with van der Waals surface area (Å²) in [5, 5.41) is 15.8. The van der Waals surface area contributed by atoms with Crippen molar-refractivity contribution in [1.82, 2.24) is 14.8 Å². The highest BCUT2D eigenvalue weighted by molar-refractivity contribution is 7.18. The zero-order chi connectivity index (χ0) is 18.8. The van der Waals surface area contributed by atoms with Gasteiger partial charge in [0.05, 0.1) is 17.0 Å². The van der Waals surface area contributed by atoms with Crippen molar-refractivity contribution in [2.24, 2.45) is 7.05 Å². The number of aromatic nitrogens is 3. The summed E-state index contributed by atoms with van der Waals surface area (Å²) >= 11 is 1.43. The number of hydrogen-bond donors (Lipinski definition) is 0. The molecule has 0 saturated carbocycles. The first-order valence-electron chi connectivity index (χ1n) is 8.18. The van der Waals surface area contributed by atoms with Crippen LogP contribution in [-0.2, 0) is 13.7 Å². The molecule has 0 amide bonds. The summed E-state index contributed by atoms with van der Waals surface area (Å²) in [6, 6.07) is 13.1. The number of rotatable bonds is 4.